The molecular formula is C18H23Cl2N5O2S. The van der Waals surface area contributed by atoms with Gasteiger partial charge < -0.3 is 9.64 Å². The van der Waals surface area contributed by atoms with Gasteiger partial charge in [-0.2, -0.15) is 5.26 Å². The van der Waals surface area contributed by atoms with Crippen molar-refractivity contribution in [1.82, 2.24) is 14.9 Å². The second kappa shape index (κ2) is 8.13. The largest absolute Gasteiger partial charge is 0.444 e. The van der Waals surface area contributed by atoms with Gasteiger partial charge in [0.15, 0.2) is 16.1 Å². The van der Waals surface area contributed by atoms with Crippen LogP contribution < -0.4 is 4.90 Å². The Labute approximate surface area is 179 Å². The van der Waals surface area contributed by atoms with E-state index in [1.54, 1.807) is 4.90 Å². The Kier molecular flexibility index (Phi) is 6.18. The minimum Gasteiger partial charge on any atom is -0.444 e. The number of ether oxygens (including phenoxy) is 1. The van der Waals surface area contributed by atoms with Crippen LogP contribution in [0.25, 0.3) is 0 Å². The normalized spacial score (nSPS) is 24.2. The third kappa shape index (κ3) is 4.12. The van der Waals surface area contributed by atoms with Gasteiger partial charge in [0, 0.05) is 6.54 Å². The smallest absolute Gasteiger partial charge is 0.410 e. The molecule has 0 saturated carbocycles. The van der Waals surface area contributed by atoms with E-state index in [2.05, 4.69) is 16.0 Å². The number of hydrogen-bond donors (Lipinski definition) is 0. The molecule has 2 saturated heterocycles. The number of fused-ring (bicyclic) bond motifs is 2. The maximum atomic E-state index is 12.8. The summed E-state index contributed by atoms with van der Waals surface area (Å²) in [5, 5.41) is 10.4. The summed E-state index contributed by atoms with van der Waals surface area (Å²) in [6.07, 6.45) is 3.41. The Morgan fingerprint density at radius 1 is 1.36 bits per heavy atom. The third-order valence-corrected chi connectivity index (χ3v) is 6.20. The van der Waals surface area contributed by atoms with Crippen molar-refractivity contribution >= 4 is 46.9 Å². The average molecular weight is 444 g/mol. The summed E-state index contributed by atoms with van der Waals surface area (Å²) >= 11 is 14.0. The number of nitrogens with zero attached hydrogens (tertiary/aromatic N) is 5. The molecule has 3 atom stereocenters. The zero-order chi connectivity index (χ0) is 20.6. The summed E-state index contributed by atoms with van der Waals surface area (Å²) in [5.41, 5.74) is -0.574. The predicted octanol–water partition coefficient (Wildman–Crippen LogP) is 4.38. The maximum Gasteiger partial charge on any atom is 0.410 e. The van der Waals surface area contributed by atoms with Gasteiger partial charge in [-0.25, -0.2) is 14.8 Å². The molecule has 152 valence electrons. The fourth-order valence-electron chi connectivity index (χ4n) is 3.89. The minimum absolute atomic E-state index is 0.0303. The molecule has 1 amide bonds. The van der Waals surface area contributed by atoms with Crippen molar-refractivity contribution in [2.75, 3.05) is 17.7 Å². The molecule has 1 aromatic rings. The number of carbonyl (C=O) groups excluding carboxylic acids is 1. The Morgan fingerprint density at radius 3 is 2.68 bits per heavy atom. The Balaban J connectivity index is 1.96. The highest BCUT2D eigenvalue weighted by molar-refractivity contribution is 7.98. The van der Waals surface area contributed by atoms with Gasteiger partial charge in [0.1, 0.15) is 10.6 Å². The maximum absolute atomic E-state index is 12.8. The molecule has 28 heavy (non-hydrogen) atoms. The number of halogens is 2. The van der Waals surface area contributed by atoms with E-state index < -0.39 is 5.60 Å². The van der Waals surface area contributed by atoms with Gasteiger partial charge in [0.2, 0.25) is 0 Å². The number of nitriles is 1. The molecule has 3 heterocycles. The van der Waals surface area contributed by atoms with Gasteiger partial charge in [-0.3, -0.25) is 4.90 Å². The SMILES string of the molecule is CSc1nc(Cl)c(Cl)c(N2C[C@@H]3CC[C@H]([C@@H]2CC#N)N3C(=O)OC(C)(C)C)n1. The van der Waals surface area contributed by atoms with Crippen LogP contribution in [0, 0.1) is 11.3 Å². The monoisotopic (exact) mass is 443 g/mol. The molecule has 0 aliphatic carbocycles. The molecule has 0 spiro atoms. The number of carbonyl (C=O) groups is 1. The number of amides is 1. The molecule has 0 N–H and O–H groups in total. The Bertz CT molecular complexity index is 810. The quantitative estimate of drug-likeness (QED) is 0.389. The molecule has 2 bridgehead atoms. The molecule has 2 fully saturated rings. The first-order valence-corrected chi connectivity index (χ1v) is 11.1. The molecule has 3 rings (SSSR count). The van der Waals surface area contributed by atoms with Crippen LogP contribution in [0.15, 0.2) is 5.16 Å². The van der Waals surface area contributed by atoms with Crippen molar-refractivity contribution in [1.29, 1.82) is 5.26 Å². The van der Waals surface area contributed by atoms with Gasteiger partial charge in [0.25, 0.3) is 0 Å². The molecule has 0 unspecified atom stereocenters. The molecule has 10 heteroatoms. The van der Waals surface area contributed by atoms with Crippen LogP contribution in [0.2, 0.25) is 10.2 Å². The van der Waals surface area contributed by atoms with Crippen molar-refractivity contribution in [3.63, 3.8) is 0 Å². The summed E-state index contributed by atoms with van der Waals surface area (Å²) in [7, 11) is 0. The van der Waals surface area contributed by atoms with Crippen molar-refractivity contribution in [2.24, 2.45) is 0 Å². The van der Waals surface area contributed by atoms with Gasteiger partial charge in [-0.1, -0.05) is 35.0 Å². The second-order valence-electron chi connectivity index (χ2n) is 7.91. The summed E-state index contributed by atoms with van der Waals surface area (Å²) in [5.74, 6) is 0.520. The number of thioether (sulfide) groups is 1. The zero-order valence-electron chi connectivity index (χ0n) is 16.3. The molecule has 2 aliphatic heterocycles. The molecule has 0 radical (unpaired) electrons. The van der Waals surface area contributed by atoms with Gasteiger partial charge >= 0.3 is 6.09 Å². The first kappa shape index (κ1) is 21.3. The number of piperazine rings is 1. The molecule has 0 aromatic carbocycles. The van der Waals surface area contributed by atoms with E-state index in [4.69, 9.17) is 27.9 Å². The van der Waals surface area contributed by atoms with Gasteiger partial charge in [-0.05, 0) is 39.9 Å². The predicted molar refractivity (Wildman–Crippen MR) is 110 cm³/mol. The van der Waals surface area contributed by atoms with Crippen LogP contribution in [-0.2, 0) is 4.74 Å². The summed E-state index contributed by atoms with van der Waals surface area (Å²) < 4.78 is 5.61. The van der Waals surface area contributed by atoms with Crippen molar-refractivity contribution in [3.05, 3.63) is 10.2 Å². The van der Waals surface area contributed by atoms with Crippen molar-refractivity contribution < 1.29 is 9.53 Å². The number of aromatic nitrogens is 2. The fraction of sp³-hybridized carbons (Fsp3) is 0.667. The van der Waals surface area contributed by atoms with Crippen molar-refractivity contribution in [2.45, 2.75) is 68.9 Å². The second-order valence-corrected chi connectivity index (χ2v) is 9.42. The topological polar surface area (TPSA) is 82.4 Å². The van der Waals surface area contributed by atoms with E-state index >= 15 is 0 Å². The minimum atomic E-state index is -0.574. The van der Waals surface area contributed by atoms with E-state index in [1.807, 2.05) is 31.9 Å². The highest BCUT2D eigenvalue weighted by atomic mass is 35.5. The van der Waals surface area contributed by atoms with Gasteiger partial charge in [0.05, 0.1) is 30.6 Å². The van der Waals surface area contributed by atoms with Crippen LogP contribution in [0.1, 0.15) is 40.0 Å². The lowest BCUT2D eigenvalue weighted by atomic mass is 10.00. The Hall–Kier alpha value is -1.43. The van der Waals surface area contributed by atoms with Gasteiger partial charge in [-0.15, -0.1) is 0 Å². The molecule has 1 aromatic heterocycles. The highest BCUT2D eigenvalue weighted by Crippen LogP contribution is 2.41. The van der Waals surface area contributed by atoms with Crippen molar-refractivity contribution in [3.8, 4) is 6.07 Å². The van der Waals surface area contributed by atoms with E-state index in [1.165, 1.54) is 11.8 Å². The average Bonchev–Trinajstić information content (AvgIpc) is 2.94. The number of hydrogen-bond acceptors (Lipinski definition) is 7. The summed E-state index contributed by atoms with van der Waals surface area (Å²) in [6.45, 7) is 6.07. The standard InChI is InChI=1S/C18H23Cl2N5O2S/c1-18(2,3)27-17(26)25-10-5-6-12(25)11(7-8-21)24(9-10)15-13(19)14(20)22-16(23-15)28-4/h10-12H,5-7,9H2,1-4H3/t10-,11-,12+/m0/s1. The van der Waals surface area contributed by atoms with E-state index in [0.29, 0.717) is 17.5 Å². The summed E-state index contributed by atoms with van der Waals surface area (Å²) in [4.78, 5) is 25.3. The van der Waals surface area contributed by atoms with Crippen LogP contribution in [0.4, 0.5) is 10.6 Å². The number of anilines is 1. The number of rotatable bonds is 3. The zero-order valence-corrected chi connectivity index (χ0v) is 18.6. The van der Waals surface area contributed by atoms with E-state index in [-0.39, 0.29) is 40.8 Å². The lowest BCUT2D eigenvalue weighted by Crippen LogP contribution is -2.62. The van der Waals surface area contributed by atoms with Crippen LogP contribution in [-0.4, -0.2) is 57.5 Å². The van der Waals surface area contributed by atoms with E-state index in [9.17, 15) is 10.1 Å². The molecule has 2 aliphatic rings. The first-order valence-electron chi connectivity index (χ1n) is 9.08. The first-order chi connectivity index (χ1) is 13.2. The third-order valence-electron chi connectivity index (χ3n) is 4.93. The van der Waals surface area contributed by atoms with Crippen LogP contribution in [0.5, 0.6) is 0 Å². The van der Waals surface area contributed by atoms with Crippen LogP contribution in [0.3, 0.4) is 0 Å². The lowest BCUT2D eigenvalue weighted by molar-refractivity contribution is 0.00770. The fourth-order valence-corrected chi connectivity index (χ4v) is 4.66. The Morgan fingerprint density at radius 2 is 2.07 bits per heavy atom. The molecular weight excluding hydrogens is 421 g/mol. The highest BCUT2D eigenvalue weighted by Gasteiger charge is 2.50. The lowest BCUT2D eigenvalue weighted by Gasteiger charge is -2.47. The van der Waals surface area contributed by atoms with E-state index in [0.717, 1.165) is 12.8 Å². The summed E-state index contributed by atoms with van der Waals surface area (Å²) in [6, 6.07) is 1.83. The van der Waals surface area contributed by atoms with Crippen LogP contribution >= 0.6 is 35.0 Å². The molecule has 7 nitrogen and oxygen atoms in total.